The zero-order chi connectivity index (χ0) is 13.1. The molecular formula is C13H18FN3O. The van der Waals surface area contributed by atoms with Crippen molar-refractivity contribution in [3.05, 3.63) is 23.6 Å². The highest BCUT2D eigenvalue weighted by Crippen LogP contribution is 2.22. The topological polar surface area (TPSA) is 59.2 Å². The van der Waals surface area contributed by atoms with Crippen LogP contribution in [0.3, 0.4) is 0 Å². The van der Waals surface area contributed by atoms with Gasteiger partial charge in [-0.3, -0.25) is 4.79 Å². The summed E-state index contributed by atoms with van der Waals surface area (Å²) >= 11 is 0. The number of halogens is 1. The van der Waals surface area contributed by atoms with Crippen LogP contribution in [-0.2, 0) is 0 Å². The minimum Gasteiger partial charge on any atom is -0.381 e. The molecule has 0 atom stereocenters. The molecule has 0 aromatic carbocycles. The molecule has 2 rings (SSSR count). The number of amides is 1. The number of nitrogens with two attached hydrogens (primary N) is 1. The lowest BCUT2D eigenvalue weighted by Crippen LogP contribution is -2.38. The van der Waals surface area contributed by atoms with Crippen LogP contribution in [0, 0.1) is 11.7 Å². The lowest BCUT2D eigenvalue weighted by Gasteiger charge is -2.31. The van der Waals surface area contributed by atoms with Gasteiger partial charge in [-0.1, -0.05) is 13.3 Å². The molecular weight excluding hydrogens is 233 g/mol. The molecule has 2 N–H and O–H groups in total. The summed E-state index contributed by atoms with van der Waals surface area (Å²) in [6.45, 7) is 3.55. The molecule has 1 saturated heterocycles. The van der Waals surface area contributed by atoms with Gasteiger partial charge in [0, 0.05) is 19.3 Å². The average Bonchev–Trinajstić information content (AvgIpc) is 2.41. The first-order chi connectivity index (χ1) is 8.63. The van der Waals surface area contributed by atoms with Gasteiger partial charge < -0.3 is 10.6 Å². The Kier molecular flexibility index (Phi) is 3.79. The summed E-state index contributed by atoms with van der Waals surface area (Å²) in [4.78, 5) is 17.5. The molecule has 0 saturated carbocycles. The Morgan fingerprint density at radius 2 is 2.22 bits per heavy atom. The van der Waals surface area contributed by atoms with Crippen LogP contribution in [0.25, 0.3) is 0 Å². The predicted octanol–water partition coefficient (Wildman–Crippen LogP) is 2.07. The van der Waals surface area contributed by atoms with Crippen LogP contribution in [0.5, 0.6) is 0 Å². The minimum atomic E-state index is -0.708. The highest BCUT2D eigenvalue weighted by Gasteiger charge is 2.25. The molecule has 0 bridgehead atoms. The second kappa shape index (κ2) is 5.33. The summed E-state index contributed by atoms with van der Waals surface area (Å²) in [5.41, 5.74) is 5.40. The van der Waals surface area contributed by atoms with Crippen molar-refractivity contribution in [2.75, 3.05) is 18.8 Å². The Balaban J connectivity index is 2.10. The fraction of sp³-hybridized carbons (Fsp3) is 0.538. The largest absolute Gasteiger partial charge is 0.381 e. The molecule has 1 aliphatic heterocycles. The number of anilines is 1. The summed E-state index contributed by atoms with van der Waals surface area (Å²) in [5.74, 6) is -0.526. The van der Waals surface area contributed by atoms with Gasteiger partial charge in [-0.25, -0.2) is 9.37 Å². The normalized spacial score (nSPS) is 16.9. The molecule has 0 spiro atoms. The van der Waals surface area contributed by atoms with Gasteiger partial charge in [0.25, 0.3) is 5.91 Å². The number of carbonyl (C=O) groups excluding carboxylic acids is 1. The highest BCUT2D eigenvalue weighted by atomic mass is 19.1. The number of likely N-dealkylation sites (tertiary alicyclic amines) is 1. The quantitative estimate of drug-likeness (QED) is 0.875. The summed E-state index contributed by atoms with van der Waals surface area (Å²) in [6, 6.07) is 1.39. The maximum Gasteiger partial charge on any atom is 0.257 e. The number of hydrogen-bond acceptors (Lipinski definition) is 3. The third-order valence-electron chi connectivity index (χ3n) is 3.63. The van der Waals surface area contributed by atoms with Crippen molar-refractivity contribution < 1.29 is 9.18 Å². The predicted molar refractivity (Wildman–Crippen MR) is 67.5 cm³/mol. The van der Waals surface area contributed by atoms with Crippen LogP contribution in [0.4, 0.5) is 10.2 Å². The van der Waals surface area contributed by atoms with Gasteiger partial charge in [0.1, 0.15) is 0 Å². The Bertz CT molecular complexity index is 442. The smallest absolute Gasteiger partial charge is 0.257 e. The van der Waals surface area contributed by atoms with E-state index in [4.69, 9.17) is 5.73 Å². The van der Waals surface area contributed by atoms with Gasteiger partial charge in [0.2, 0.25) is 0 Å². The van der Waals surface area contributed by atoms with Crippen molar-refractivity contribution in [2.45, 2.75) is 26.2 Å². The number of pyridine rings is 1. The number of nitrogen functional groups attached to an aromatic ring is 1. The van der Waals surface area contributed by atoms with E-state index in [1.807, 2.05) is 0 Å². The third kappa shape index (κ3) is 2.44. The van der Waals surface area contributed by atoms with E-state index in [2.05, 4.69) is 11.9 Å². The van der Waals surface area contributed by atoms with Gasteiger partial charge in [0.05, 0.1) is 5.56 Å². The molecule has 98 valence electrons. The van der Waals surface area contributed by atoms with Crippen LogP contribution >= 0.6 is 0 Å². The van der Waals surface area contributed by atoms with E-state index in [0.29, 0.717) is 19.0 Å². The van der Waals surface area contributed by atoms with E-state index in [-0.39, 0.29) is 17.3 Å². The molecule has 18 heavy (non-hydrogen) atoms. The summed E-state index contributed by atoms with van der Waals surface area (Å²) in [5, 5.41) is 0. The minimum absolute atomic E-state index is 0.0254. The lowest BCUT2D eigenvalue weighted by molar-refractivity contribution is 0.0684. The fourth-order valence-electron chi connectivity index (χ4n) is 2.34. The lowest BCUT2D eigenvalue weighted by atomic mass is 9.94. The number of rotatable bonds is 2. The summed E-state index contributed by atoms with van der Waals surface area (Å²) in [6.07, 6.45) is 4.48. The first kappa shape index (κ1) is 12.8. The van der Waals surface area contributed by atoms with Gasteiger partial charge in [0.15, 0.2) is 11.6 Å². The van der Waals surface area contributed by atoms with Gasteiger partial charge in [-0.15, -0.1) is 0 Å². The Hall–Kier alpha value is -1.65. The number of carbonyl (C=O) groups is 1. The molecule has 1 aliphatic rings. The second-order valence-electron chi connectivity index (χ2n) is 4.70. The maximum absolute atomic E-state index is 13.7. The van der Waals surface area contributed by atoms with E-state index >= 15 is 0 Å². The van der Waals surface area contributed by atoms with Crippen molar-refractivity contribution in [3.8, 4) is 0 Å². The van der Waals surface area contributed by atoms with Crippen molar-refractivity contribution in [3.63, 3.8) is 0 Å². The molecule has 1 fully saturated rings. The molecule has 1 aromatic rings. The Labute approximate surface area is 106 Å². The third-order valence-corrected chi connectivity index (χ3v) is 3.63. The van der Waals surface area contributed by atoms with Crippen LogP contribution in [-0.4, -0.2) is 28.9 Å². The standard InChI is InChI=1S/C13H18FN3O/c1-2-9-4-7-17(8-5-9)13(18)10-3-6-16-12(15)11(10)14/h3,6,9H,2,4-5,7-8H2,1H3,(H2,15,16). The molecule has 5 heteroatoms. The highest BCUT2D eigenvalue weighted by molar-refractivity contribution is 5.95. The van der Waals surface area contributed by atoms with E-state index < -0.39 is 5.82 Å². The van der Waals surface area contributed by atoms with Gasteiger partial charge >= 0.3 is 0 Å². The first-order valence-electron chi connectivity index (χ1n) is 6.32. The molecule has 4 nitrogen and oxygen atoms in total. The van der Waals surface area contributed by atoms with Crippen molar-refractivity contribution in [2.24, 2.45) is 5.92 Å². The van der Waals surface area contributed by atoms with Crippen LogP contribution in [0.2, 0.25) is 0 Å². The number of hydrogen-bond donors (Lipinski definition) is 1. The van der Waals surface area contributed by atoms with E-state index in [0.717, 1.165) is 19.3 Å². The second-order valence-corrected chi connectivity index (χ2v) is 4.70. The molecule has 2 heterocycles. The zero-order valence-electron chi connectivity index (χ0n) is 10.5. The van der Waals surface area contributed by atoms with Crippen LogP contribution in [0.15, 0.2) is 12.3 Å². The molecule has 1 aromatic heterocycles. The number of piperidine rings is 1. The van der Waals surface area contributed by atoms with Crippen molar-refractivity contribution in [1.82, 2.24) is 9.88 Å². The maximum atomic E-state index is 13.7. The molecule has 0 unspecified atom stereocenters. The SMILES string of the molecule is CCC1CCN(C(=O)c2ccnc(N)c2F)CC1. The fourth-order valence-corrected chi connectivity index (χ4v) is 2.34. The Morgan fingerprint density at radius 3 is 2.83 bits per heavy atom. The van der Waals surface area contributed by atoms with E-state index in [1.54, 1.807) is 4.90 Å². The van der Waals surface area contributed by atoms with Gasteiger partial charge in [-0.05, 0) is 24.8 Å². The zero-order valence-corrected chi connectivity index (χ0v) is 10.5. The average molecular weight is 251 g/mol. The van der Waals surface area contributed by atoms with Crippen LogP contribution in [0.1, 0.15) is 36.5 Å². The van der Waals surface area contributed by atoms with E-state index in [1.165, 1.54) is 12.3 Å². The van der Waals surface area contributed by atoms with Crippen LogP contribution < -0.4 is 5.73 Å². The molecule has 0 aliphatic carbocycles. The summed E-state index contributed by atoms with van der Waals surface area (Å²) < 4.78 is 13.7. The van der Waals surface area contributed by atoms with Crippen molar-refractivity contribution in [1.29, 1.82) is 0 Å². The molecule has 1 amide bonds. The van der Waals surface area contributed by atoms with Gasteiger partial charge in [-0.2, -0.15) is 0 Å². The summed E-state index contributed by atoms with van der Waals surface area (Å²) in [7, 11) is 0. The first-order valence-corrected chi connectivity index (χ1v) is 6.32. The Morgan fingerprint density at radius 1 is 1.56 bits per heavy atom. The number of nitrogens with zero attached hydrogens (tertiary/aromatic N) is 2. The monoisotopic (exact) mass is 251 g/mol. The van der Waals surface area contributed by atoms with Crippen molar-refractivity contribution >= 4 is 11.7 Å². The molecule has 0 radical (unpaired) electrons. The van der Waals surface area contributed by atoms with E-state index in [9.17, 15) is 9.18 Å². The number of aromatic nitrogens is 1.